The minimum atomic E-state index is 0.141. The van der Waals surface area contributed by atoms with Crippen LogP contribution in [0.5, 0.6) is 0 Å². The van der Waals surface area contributed by atoms with Gasteiger partial charge in [-0.2, -0.15) is 0 Å². The molecule has 1 N–H and O–H groups in total. The van der Waals surface area contributed by atoms with Crippen molar-refractivity contribution in [3.63, 3.8) is 0 Å². The first-order valence-corrected chi connectivity index (χ1v) is 10.0. The van der Waals surface area contributed by atoms with Crippen LogP contribution < -0.4 is 5.32 Å². The number of benzene rings is 1. The second-order valence-electron chi connectivity index (χ2n) is 7.08. The van der Waals surface area contributed by atoms with Crippen LogP contribution in [0.1, 0.15) is 31.2 Å². The minimum absolute atomic E-state index is 0.141. The molecule has 2 aliphatic rings. The summed E-state index contributed by atoms with van der Waals surface area (Å²) in [6.07, 6.45) is 4.41. The highest BCUT2D eigenvalue weighted by atomic mass is 35.5. The Morgan fingerprint density at radius 2 is 1.88 bits per heavy atom. The van der Waals surface area contributed by atoms with Gasteiger partial charge < -0.3 is 15.1 Å². The van der Waals surface area contributed by atoms with Crippen LogP contribution in [0.4, 0.5) is 0 Å². The Morgan fingerprint density at radius 3 is 2.56 bits per heavy atom. The molecule has 2 saturated heterocycles. The summed E-state index contributed by atoms with van der Waals surface area (Å²) in [5.74, 6) is 0.425. The minimum Gasteiger partial charge on any atom is -0.337 e. The van der Waals surface area contributed by atoms with Crippen LogP contribution >= 0.6 is 23.2 Å². The molecule has 1 amide bonds. The van der Waals surface area contributed by atoms with Gasteiger partial charge in [-0.1, -0.05) is 29.3 Å². The fourth-order valence-corrected chi connectivity index (χ4v) is 4.04. The molecule has 2 fully saturated rings. The number of nitrogens with one attached hydrogen (secondary N) is 1. The fourth-order valence-electron chi connectivity index (χ4n) is 3.72. The molecule has 138 valence electrons. The molecule has 2 aliphatic heterocycles. The highest BCUT2D eigenvalue weighted by Crippen LogP contribution is 2.24. The van der Waals surface area contributed by atoms with Crippen molar-refractivity contribution in [2.24, 2.45) is 5.92 Å². The lowest BCUT2D eigenvalue weighted by atomic mass is 9.96. The topological polar surface area (TPSA) is 35.6 Å². The van der Waals surface area contributed by atoms with Gasteiger partial charge in [0.25, 0.3) is 0 Å². The Morgan fingerprint density at radius 1 is 1.16 bits per heavy atom. The number of piperidine rings is 1. The van der Waals surface area contributed by atoms with Gasteiger partial charge in [0.2, 0.25) is 5.91 Å². The molecule has 6 heteroatoms. The maximum atomic E-state index is 13.1. The fraction of sp³-hybridized carbons (Fsp3) is 0.632. The number of carbonyl (C=O) groups is 1. The van der Waals surface area contributed by atoms with Gasteiger partial charge in [0.05, 0.1) is 10.0 Å². The standard InChI is InChI=1S/C19H27Cl2N3O/c20-17-4-3-15(13-18(17)21)14-24(12-11-23-9-1-2-10-23)19(25)16-5-7-22-8-6-16/h3-4,13,16,22H,1-2,5-12,14H2. The molecule has 0 bridgehead atoms. The molecule has 25 heavy (non-hydrogen) atoms. The lowest BCUT2D eigenvalue weighted by Crippen LogP contribution is -2.43. The van der Waals surface area contributed by atoms with Crippen LogP contribution in [-0.2, 0) is 11.3 Å². The summed E-state index contributed by atoms with van der Waals surface area (Å²) in [6.45, 7) is 6.52. The van der Waals surface area contributed by atoms with Gasteiger partial charge in [0.1, 0.15) is 0 Å². The SMILES string of the molecule is O=C(C1CCNCC1)N(CCN1CCCC1)Cc1ccc(Cl)c(Cl)c1. The number of hydrogen-bond acceptors (Lipinski definition) is 3. The Hall–Kier alpha value is -0.810. The Balaban J connectivity index is 1.67. The van der Waals surface area contributed by atoms with Gasteiger partial charge in [-0.3, -0.25) is 4.79 Å². The summed E-state index contributed by atoms with van der Waals surface area (Å²) in [5, 5.41) is 4.44. The van der Waals surface area contributed by atoms with Gasteiger partial charge in [-0.05, 0) is 69.6 Å². The van der Waals surface area contributed by atoms with E-state index in [2.05, 4.69) is 10.2 Å². The van der Waals surface area contributed by atoms with E-state index < -0.39 is 0 Å². The predicted molar refractivity (Wildman–Crippen MR) is 103 cm³/mol. The maximum Gasteiger partial charge on any atom is 0.226 e. The van der Waals surface area contributed by atoms with Crippen LogP contribution in [0.25, 0.3) is 0 Å². The number of rotatable bonds is 6. The number of likely N-dealkylation sites (tertiary alicyclic amines) is 1. The molecule has 0 atom stereocenters. The van der Waals surface area contributed by atoms with Gasteiger partial charge >= 0.3 is 0 Å². The van der Waals surface area contributed by atoms with E-state index >= 15 is 0 Å². The average Bonchev–Trinajstić information content (AvgIpc) is 3.15. The van der Waals surface area contributed by atoms with Crippen LogP contribution in [-0.4, -0.2) is 55.0 Å². The average molecular weight is 384 g/mol. The zero-order valence-corrected chi connectivity index (χ0v) is 16.2. The third-order valence-corrected chi connectivity index (χ3v) is 5.98. The summed E-state index contributed by atoms with van der Waals surface area (Å²) in [5.41, 5.74) is 1.04. The summed E-state index contributed by atoms with van der Waals surface area (Å²) >= 11 is 12.2. The summed E-state index contributed by atoms with van der Waals surface area (Å²) in [7, 11) is 0. The van der Waals surface area contributed by atoms with Crippen LogP contribution in [0, 0.1) is 5.92 Å². The van der Waals surface area contributed by atoms with Crippen molar-refractivity contribution in [1.29, 1.82) is 0 Å². The van der Waals surface area contributed by atoms with Crippen molar-refractivity contribution < 1.29 is 4.79 Å². The number of hydrogen-bond donors (Lipinski definition) is 1. The molecule has 2 heterocycles. The summed E-state index contributed by atoms with van der Waals surface area (Å²) in [6, 6.07) is 5.65. The molecule has 0 spiro atoms. The molecule has 1 aromatic carbocycles. The number of carbonyl (C=O) groups excluding carboxylic acids is 1. The summed E-state index contributed by atoms with van der Waals surface area (Å²) in [4.78, 5) is 17.6. The van der Waals surface area contributed by atoms with E-state index in [1.807, 2.05) is 23.1 Å². The van der Waals surface area contributed by atoms with E-state index in [0.29, 0.717) is 16.6 Å². The van der Waals surface area contributed by atoms with E-state index in [1.54, 1.807) is 0 Å². The van der Waals surface area contributed by atoms with Crippen LogP contribution in [0.2, 0.25) is 10.0 Å². The normalized spacial score (nSPS) is 19.3. The van der Waals surface area contributed by atoms with E-state index in [1.165, 1.54) is 12.8 Å². The van der Waals surface area contributed by atoms with Crippen LogP contribution in [0.3, 0.4) is 0 Å². The molecule has 0 saturated carbocycles. The van der Waals surface area contributed by atoms with Crippen molar-refractivity contribution in [3.05, 3.63) is 33.8 Å². The maximum absolute atomic E-state index is 13.1. The van der Waals surface area contributed by atoms with Crippen molar-refractivity contribution >= 4 is 29.1 Å². The van der Waals surface area contributed by atoms with E-state index in [-0.39, 0.29) is 11.8 Å². The number of nitrogens with zero attached hydrogens (tertiary/aromatic N) is 2. The Labute approximate surface area is 160 Å². The first kappa shape index (κ1) is 19.0. The predicted octanol–water partition coefficient (Wildman–Crippen LogP) is 3.42. The molecular formula is C19H27Cl2N3O. The molecule has 0 radical (unpaired) electrons. The lowest BCUT2D eigenvalue weighted by Gasteiger charge is -2.31. The molecule has 1 aromatic rings. The third kappa shape index (κ3) is 5.33. The zero-order chi connectivity index (χ0) is 17.6. The van der Waals surface area contributed by atoms with Crippen molar-refractivity contribution in [3.8, 4) is 0 Å². The molecule has 0 aromatic heterocycles. The van der Waals surface area contributed by atoms with Gasteiger partial charge in [-0.25, -0.2) is 0 Å². The van der Waals surface area contributed by atoms with Crippen LogP contribution in [0.15, 0.2) is 18.2 Å². The molecule has 0 unspecified atom stereocenters. The largest absolute Gasteiger partial charge is 0.337 e. The van der Waals surface area contributed by atoms with Crippen molar-refractivity contribution in [2.45, 2.75) is 32.2 Å². The molecule has 4 nitrogen and oxygen atoms in total. The monoisotopic (exact) mass is 383 g/mol. The first-order valence-electron chi connectivity index (χ1n) is 9.29. The zero-order valence-electron chi connectivity index (χ0n) is 14.6. The second kappa shape index (κ2) is 9.22. The lowest BCUT2D eigenvalue weighted by molar-refractivity contribution is -0.137. The van der Waals surface area contributed by atoms with Crippen molar-refractivity contribution in [2.75, 3.05) is 39.3 Å². The highest BCUT2D eigenvalue weighted by molar-refractivity contribution is 6.42. The van der Waals surface area contributed by atoms with Gasteiger partial charge in [-0.15, -0.1) is 0 Å². The number of amides is 1. The van der Waals surface area contributed by atoms with E-state index in [0.717, 1.165) is 57.7 Å². The molecule has 3 rings (SSSR count). The first-order chi connectivity index (χ1) is 12.1. The van der Waals surface area contributed by atoms with Gasteiger partial charge in [0, 0.05) is 25.6 Å². The molecular weight excluding hydrogens is 357 g/mol. The summed E-state index contributed by atoms with van der Waals surface area (Å²) < 4.78 is 0. The van der Waals surface area contributed by atoms with Gasteiger partial charge in [0.15, 0.2) is 0 Å². The highest BCUT2D eigenvalue weighted by Gasteiger charge is 2.26. The van der Waals surface area contributed by atoms with E-state index in [9.17, 15) is 4.79 Å². The van der Waals surface area contributed by atoms with E-state index in [4.69, 9.17) is 23.2 Å². The second-order valence-corrected chi connectivity index (χ2v) is 7.90. The Bertz CT molecular complexity index is 584. The Kier molecular flexibility index (Phi) is 7.00. The third-order valence-electron chi connectivity index (χ3n) is 5.24. The number of halogens is 2. The quantitative estimate of drug-likeness (QED) is 0.817. The van der Waals surface area contributed by atoms with Crippen molar-refractivity contribution in [1.82, 2.24) is 15.1 Å². The molecule has 0 aliphatic carbocycles. The smallest absolute Gasteiger partial charge is 0.226 e.